The summed E-state index contributed by atoms with van der Waals surface area (Å²) >= 11 is 0. The normalized spacial score (nSPS) is 13.5. The molecule has 1 atom stereocenters. The molecule has 0 bridgehead atoms. The molecule has 0 spiro atoms. The first-order valence-electron chi connectivity index (χ1n) is 5.87. The lowest BCUT2D eigenvalue weighted by Crippen LogP contribution is -2.23. The predicted molar refractivity (Wildman–Crippen MR) is 68.0 cm³/mol. The second kappa shape index (κ2) is 5.98. The number of rotatable bonds is 5. The second-order valence-electron chi connectivity index (χ2n) is 5.00. The van der Waals surface area contributed by atoms with Crippen molar-refractivity contribution in [3.8, 4) is 5.88 Å². The Hall–Kier alpha value is -1.13. The van der Waals surface area contributed by atoms with Gasteiger partial charge in [0.25, 0.3) is 0 Å². The first-order chi connectivity index (χ1) is 7.90. The molecule has 0 aliphatic heterocycles. The SMILES string of the molecule is CC(N)c1cccnc1OCCOC(C)(C)C. The summed E-state index contributed by atoms with van der Waals surface area (Å²) in [4.78, 5) is 4.18. The van der Waals surface area contributed by atoms with E-state index < -0.39 is 0 Å². The van der Waals surface area contributed by atoms with Crippen molar-refractivity contribution < 1.29 is 9.47 Å². The maximum absolute atomic E-state index is 5.84. The Bertz CT molecular complexity index is 346. The van der Waals surface area contributed by atoms with Crippen molar-refractivity contribution in [2.75, 3.05) is 13.2 Å². The van der Waals surface area contributed by atoms with Crippen molar-refractivity contribution in [1.29, 1.82) is 0 Å². The summed E-state index contributed by atoms with van der Waals surface area (Å²) in [6.07, 6.45) is 1.70. The van der Waals surface area contributed by atoms with Crippen molar-refractivity contribution in [2.24, 2.45) is 5.73 Å². The third-order valence-electron chi connectivity index (χ3n) is 2.15. The fourth-order valence-electron chi connectivity index (χ4n) is 1.36. The van der Waals surface area contributed by atoms with E-state index >= 15 is 0 Å². The Morgan fingerprint density at radius 1 is 1.35 bits per heavy atom. The predicted octanol–water partition coefficient (Wildman–Crippen LogP) is 2.30. The minimum absolute atomic E-state index is 0.0813. The van der Waals surface area contributed by atoms with Crippen LogP contribution in [0.2, 0.25) is 0 Å². The van der Waals surface area contributed by atoms with E-state index in [0.29, 0.717) is 19.1 Å². The van der Waals surface area contributed by atoms with E-state index in [0.717, 1.165) is 5.56 Å². The fourth-order valence-corrected chi connectivity index (χ4v) is 1.36. The number of nitrogens with two attached hydrogens (primary N) is 1. The highest BCUT2D eigenvalue weighted by molar-refractivity contribution is 5.27. The molecule has 2 N–H and O–H groups in total. The zero-order valence-electron chi connectivity index (χ0n) is 11.1. The Labute approximate surface area is 103 Å². The first kappa shape index (κ1) is 13.9. The summed E-state index contributed by atoms with van der Waals surface area (Å²) in [5.74, 6) is 0.597. The minimum Gasteiger partial charge on any atom is -0.475 e. The van der Waals surface area contributed by atoms with Crippen molar-refractivity contribution in [3.63, 3.8) is 0 Å². The summed E-state index contributed by atoms with van der Waals surface area (Å²) in [7, 11) is 0. The molecule has 0 radical (unpaired) electrons. The lowest BCUT2D eigenvalue weighted by atomic mass is 10.1. The molecule has 0 amide bonds. The summed E-state index contributed by atoms with van der Waals surface area (Å²) in [5.41, 5.74) is 6.62. The maximum atomic E-state index is 5.84. The van der Waals surface area contributed by atoms with Crippen LogP contribution in [0.15, 0.2) is 18.3 Å². The number of ether oxygens (including phenoxy) is 2. The van der Waals surface area contributed by atoms with Crippen LogP contribution in [-0.2, 0) is 4.74 Å². The lowest BCUT2D eigenvalue weighted by Gasteiger charge is -2.20. The fraction of sp³-hybridized carbons (Fsp3) is 0.615. The molecule has 96 valence electrons. The summed E-state index contributed by atoms with van der Waals surface area (Å²) < 4.78 is 11.1. The molecule has 0 saturated carbocycles. The van der Waals surface area contributed by atoms with Crippen molar-refractivity contribution in [1.82, 2.24) is 4.98 Å². The molecule has 4 heteroatoms. The van der Waals surface area contributed by atoms with E-state index in [2.05, 4.69) is 4.98 Å². The van der Waals surface area contributed by atoms with E-state index in [4.69, 9.17) is 15.2 Å². The van der Waals surface area contributed by atoms with E-state index in [9.17, 15) is 0 Å². The molecule has 1 unspecified atom stereocenters. The molecule has 1 aromatic rings. The van der Waals surface area contributed by atoms with E-state index in [-0.39, 0.29) is 11.6 Å². The van der Waals surface area contributed by atoms with E-state index in [1.165, 1.54) is 0 Å². The van der Waals surface area contributed by atoms with Gasteiger partial charge in [-0.2, -0.15) is 0 Å². The van der Waals surface area contributed by atoms with Gasteiger partial charge in [-0.1, -0.05) is 6.07 Å². The van der Waals surface area contributed by atoms with Crippen molar-refractivity contribution in [2.45, 2.75) is 39.3 Å². The largest absolute Gasteiger partial charge is 0.475 e. The molecule has 1 aromatic heterocycles. The van der Waals surface area contributed by atoms with Crippen molar-refractivity contribution >= 4 is 0 Å². The molecule has 0 fully saturated rings. The van der Waals surface area contributed by atoms with Crippen LogP contribution in [-0.4, -0.2) is 23.8 Å². The van der Waals surface area contributed by atoms with Gasteiger partial charge in [0.2, 0.25) is 5.88 Å². The lowest BCUT2D eigenvalue weighted by molar-refractivity contribution is -0.0169. The first-order valence-corrected chi connectivity index (χ1v) is 5.87. The summed E-state index contributed by atoms with van der Waals surface area (Å²) in [6.45, 7) is 8.98. The molecule has 0 saturated heterocycles. The molecular weight excluding hydrogens is 216 g/mol. The number of aromatic nitrogens is 1. The minimum atomic E-state index is -0.141. The van der Waals surface area contributed by atoms with Gasteiger partial charge >= 0.3 is 0 Å². The van der Waals surface area contributed by atoms with Gasteiger partial charge in [0.05, 0.1) is 12.2 Å². The monoisotopic (exact) mass is 238 g/mol. The summed E-state index contributed by atoms with van der Waals surface area (Å²) in [5, 5.41) is 0. The zero-order chi connectivity index (χ0) is 12.9. The Morgan fingerprint density at radius 3 is 2.65 bits per heavy atom. The van der Waals surface area contributed by atoms with Crippen LogP contribution < -0.4 is 10.5 Å². The number of nitrogens with zero attached hydrogens (tertiary/aromatic N) is 1. The van der Waals surface area contributed by atoms with Crippen LogP contribution in [0.5, 0.6) is 5.88 Å². The highest BCUT2D eigenvalue weighted by Crippen LogP contribution is 2.20. The smallest absolute Gasteiger partial charge is 0.218 e. The van der Waals surface area contributed by atoms with Gasteiger partial charge in [0, 0.05) is 17.8 Å². The molecule has 0 aliphatic carbocycles. The van der Waals surface area contributed by atoms with Crippen molar-refractivity contribution in [3.05, 3.63) is 23.9 Å². The topological polar surface area (TPSA) is 57.4 Å². The Balaban J connectivity index is 2.47. The highest BCUT2D eigenvalue weighted by atomic mass is 16.5. The van der Waals surface area contributed by atoms with Gasteiger partial charge in [-0.3, -0.25) is 0 Å². The van der Waals surface area contributed by atoms with Gasteiger partial charge in [-0.15, -0.1) is 0 Å². The quantitative estimate of drug-likeness (QED) is 0.800. The van der Waals surface area contributed by atoms with Crippen LogP contribution in [0.4, 0.5) is 0 Å². The maximum Gasteiger partial charge on any atom is 0.218 e. The number of hydrogen-bond donors (Lipinski definition) is 1. The Morgan fingerprint density at radius 2 is 2.06 bits per heavy atom. The molecule has 1 rings (SSSR count). The molecule has 1 heterocycles. The molecule has 0 aromatic carbocycles. The number of pyridine rings is 1. The van der Waals surface area contributed by atoms with E-state index in [1.54, 1.807) is 6.20 Å². The van der Waals surface area contributed by atoms with Gasteiger partial charge in [-0.05, 0) is 33.8 Å². The zero-order valence-corrected chi connectivity index (χ0v) is 11.1. The van der Waals surface area contributed by atoms with Gasteiger partial charge in [0.1, 0.15) is 6.61 Å². The third kappa shape index (κ3) is 5.15. The second-order valence-corrected chi connectivity index (χ2v) is 5.00. The average molecular weight is 238 g/mol. The van der Waals surface area contributed by atoms with Crippen LogP contribution in [0.25, 0.3) is 0 Å². The average Bonchev–Trinajstić information content (AvgIpc) is 2.23. The van der Waals surface area contributed by atoms with Gasteiger partial charge in [-0.25, -0.2) is 4.98 Å². The molecule has 0 aliphatic rings. The highest BCUT2D eigenvalue weighted by Gasteiger charge is 2.11. The standard InChI is InChI=1S/C13H22N2O2/c1-10(14)11-6-5-7-15-12(11)16-8-9-17-13(2,3)4/h5-7,10H,8-9,14H2,1-4H3. The molecule has 4 nitrogen and oxygen atoms in total. The third-order valence-corrected chi connectivity index (χ3v) is 2.15. The van der Waals surface area contributed by atoms with Crippen LogP contribution >= 0.6 is 0 Å². The Kier molecular flexibility index (Phi) is 4.90. The van der Waals surface area contributed by atoms with Gasteiger partial charge < -0.3 is 15.2 Å². The van der Waals surface area contributed by atoms with Crippen LogP contribution in [0.3, 0.4) is 0 Å². The van der Waals surface area contributed by atoms with Gasteiger partial charge in [0.15, 0.2) is 0 Å². The van der Waals surface area contributed by atoms with Crippen LogP contribution in [0, 0.1) is 0 Å². The van der Waals surface area contributed by atoms with Crippen LogP contribution in [0.1, 0.15) is 39.3 Å². The number of hydrogen-bond acceptors (Lipinski definition) is 4. The van der Waals surface area contributed by atoms with E-state index in [1.807, 2.05) is 39.8 Å². The summed E-state index contributed by atoms with van der Waals surface area (Å²) in [6, 6.07) is 3.71. The molecular formula is C13H22N2O2. The molecule has 17 heavy (non-hydrogen) atoms.